The van der Waals surface area contributed by atoms with Crippen LogP contribution in [-0.2, 0) is 14.3 Å². The van der Waals surface area contributed by atoms with Gasteiger partial charge in [0.2, 0.25) is 0 Å². The minimum absolute atomic E-state index is 0.0930. The molecule has 0 aromatic rings. The van der Waals surface area contributed by atoms with E-state index in [2.05, 4.69) is 0 Å². The van der Waals surface area contributed by atoms with Gasteiger partial charge in [0.05, 0.1) is 18.8 Å². The fraction of sp³-hybridized carbons (Fsp3) is 0.900. The molecule has 0 saturated carbocycles. The molecule has 2 aliphatic heterocycles. The van der Waals surface area contributed by atoms with Crippen LogP contribution < -0.4 is 5.73 Å². The molecule has 4 nitrogen and oxygen atoms in total. The topological polar surface area (TPSA) is 61.6 Å². The van der Waals surface area contributed by atoms with Gasteiger partial charge in [0.15, 0.2) is 0 Å². The van der Waals surface area contributed by atoms with Crippen molar-refractivity contribution in [3.05, 3.63) is 0 Å². The summed E-state index contributed by atoms with van der Waals surface area (Å²) >= 11 is 0. The van der Waals surface area contributed by atoms with Crippen LogP contribution in [0.4, 0.5) is 0 Å². The van der Waals surface area contributed by atoms with Crippen LogP contribution >= 0.6 is 0 Å². The molecule has 2 unspecified atom stereocenters. The highest BCUT2D eigenvalue weighted by Crippen LogP contribution is 2.35. The van der Waals surface area contributed by atoms with E-state index >= 15 is 0 Å². The molecule has 0 radical (unpaired) electrons. The van der Waals surface area contributed by atoms with Gasteiger partial charge in [0.1, 0.15) is 5.78 Å². The lowest BCUT2D eigenvalue weighted by atomic mass is 9.83. The van der Waals surface area contributed by atoms with Gasteiger partial charge in [-0.25, -0.2) is 0 Å². The first-order valence-corrected chi connectivity index (χ1v) is 5.20. The third-order valence-electron chi connectivity index (χ3n) is 3.22. The lowest BCUT2D eigenvalue weighted by molar-refractivity contribution is -0.135. The summed E-state index contributed by atoms with van der Waals surface area (Å²) in [7, 11) is 0. The van der Waals surface area contributed by atoms with E-state index in [0.29, 0.717) is 13.2 Å². The first kappa shape index (κ1) is 10.1. The Morgan fingerprint density at radius 2 is 2.36 bits per heavy atom. The van der Waals surface area contributed by atoms with Gasteiger partial charge >= 0.3 is 0 Å². The van der Waals surface area contributed by atoms with Gasteiger partial charge in [-0.15, -0.1) is 0 Å². The Kier molecular flexibility index (Phi) is 2.85. The number of nitrogens with two attached hydrogens (primary N) is 1. The zero-order valence-electron chi connectivity index (χ0n) is 8.33. The van der Waals surface area contributed by atoms with Crippen LogP contribution in [0.2, 0.25) is 0 Å². The largest absolute Gasteiger partial charge is 0.378 e. The van der Waals surface area contributed by atoms with Gasteiger partial charge in [0.25, 0.3) is 0 Å². The first-order chi connectivity index (χ1) is 6.76. The molecule has 2 aliphatic rings. The third-order valence-corrected chi connectivity index (χ3v) is 3.22. The monoisotopic (exact) mass is 199 g/mol. The number of hydrogen-bond acceptors (Lipinski definition) is 4. The molecular formula is C10H17NO3. The van der Waals surface area contributed by atoms with Crippen molar-refractivity contribution >= 4 is 5.78 Å². The molecule has 1 spiro atoms. The quantitative estimate of drug-likeness (QED) is 0.685. The molecule has 2 fully saturated rings. The number of rotatable bonds is 2. The summed E-state index contributed by atoms with van der Waals surface area (Å²) in [4.78, 5) is 11.5. The Labute approximate surface area is 83.7 Å². The van der Waals surface area contributed by atoms with Crippen molar-refractivity contribution in [2.75, 3.05) is 26.4 Å². The van der Waals surface area contributed by atoms with Crippen molar-refractivity contribution in [2.24, 2.45) is 11.7 Å². The number of hydrogen-bond donors (Lipinski definition) is 1. The molecule has 0 amide bonds. The second kappa shape index (κ2) is 3.96. The van der Waals surface area contributed by atoms with E-state index in [1.807, 2.05) is 0 Å². The summed E-state index contributed by atoms with van der Waals surface area (Å²) in [6.45, 7) is 2.21. The summed E-state index contributed by atoms with van der Waals surface area (Å²) in [5, 5.41) is 0. The average molecular weight is 199 g/mol. The maximum atomic E-state index is 11.5. The molecule has 80 valence electrons. The van der Waals surface area contributed by atoms with E-state index in [1.54, 1.807) is 0 Å². The van der Waals surface area contributed by atoms with Crippen LogP contribution in [0.3, 0.4) is 0 Å². The van der Waals surface area contributed by atoms with Crippen LogP contribution in [0.5, 0.6) is 0 Å². The molecule has 2 atom stereocenters. The molecule has 4 heteroatoms. The Morgan fingerprint density at radius 1 is 1.50 bits per heavy atom. The van der Waals surface area contributed by atoms with Crippen molar-refractivity contribution in [3.8, 4) is 0 Å². The number of ketones is 1. The van der Waals surface area contributed by atoms with Crippen molar-refractivity contribution < 1.29 is 14.3 Å². The smallest absolute Gasteiger partial charge is 0.149 e. The predicted octanol–water partition coefficient (Wildman–Crippen LogP) is 0.0999. The van der Waals surface area contributed by atoms with Gasteiger partial charge in [-0.1, -0.05) is 0 Å². The lowest BCUT2D eigenvalue weighted by Gasteiger charge is -2.36. The lowest BCUT2D eigenvalue weighted by Crippen LogP contribution is -2.43. The molecule has 2 rings (SSSR count). The van der Waals surface area contributed by atoms with Gasteiger partial charge < -0.3 is 15.2 Å². The molecule has 2 N–H and O–H groups in total. The molecular weight excluding hydrogens is 182 g/mol. The highest BCUT2D eigenvalue weighted by atomic mass is 16.6. The third kappa shape index (κ3) is 1.82. The van der Waals surface area contributed by atoms with Gasteiger partial charge in [-0.05, 0) is 12.8 Å². The van der Waals surface area contributed by atoms with Crippen molar-refractivity contribution in [2.45, 2.75) is 24.9 Å². The second-order valence-corrected chi connectivity index (χ2v) is 4.19. The fourth-order valence-corrected chi connectivity index (χ4v) is 2.33. The minimum Gasteiger partial charge on any atom is -0.378 e. The molecule has 0 bridgehead atoms. The summed E-state index contributed by atoms with van der Waals surface area (Å²) in [6, 6.07) is 0. The SMILES string of the molecule is NCC(=O)C1CCOC2(CCOC2)C1. The maximum absolute atomic E-state index is 11.5. The number of Topliss-reactive ketones (excluding diaryl/α,β-unsaturated/α-hetero) is 1. The Hall–Kier alpha value is -0.450. The second-order valence-electron chi connectivity index (χ2n) is 4.19. The molecule has 0 aromatic heterocycles. The van der Waals surface area contributed by atoms with Crippen LogP contribution in [0, 0.1) is 5.92 Å². The molecule has 0 aliphatic carbocycles. The normalized spacial score (nSPS) is 37.6. The van der Waals surface area contributed by atoms with E-state index < -0.39 is 0 Å². The van der Waals surface area contributed by atoms with Crippen molar-refractivity contribution in [3.63, 3.8) is 0 Å². The van der Waals surface area contributed by atoms with Gasteiger partial charge in [-0.3, -0.25) is 4.79 Å². The van der Waals surface area contributed by atoms with Gasteiger partial charge in [0, 0.05) is 25.6 Å². The fourth-order valence-electron chi connectivity index (χ4n) is 2.33. The summed E-state index contributed by atoms with van der Waals surface area (Å²) < 4.78 is 11.1. The minimum atomic E-state index is -0.173. The number of carbonyl (C=O) groups excluding carboxylic acids is 1. The zero-order chi connectivity index (χ0) is 10.0. The van der Waals surface area contributed by atoms with Crippen molar-refractivity contribution in [1.29, 1.82) is 0 Å². The Bertz CT molecular complexity index is 223. The standard InChI is InChI=1S/C10H17NO3/c11-6-9(12)8-1-3-14-10(5-8)2-4-13-7-10/h8H,1-7,11H2. The van der Waals surface area contributed by atoms with Crippen molar-refractivity contribution in [1.82, 2.24) is 0 Å². The van der Waals surface area contributed by atoms with E-state index in [4.69, 9.17) is 15.2 Å². The van der Waals surface area contributed by atoms with Crippen LogP contribution in [-0.4, -0.2) is 37.7 Å². The predicted molar refractivity (Wildman–Crippen MR) is 50.9 cm³/mol. The van der Waals surface area contributed by atoms with Crippen LogP contribution in [0.15, 0.2) is 0 Å². The summed E-state index contributed by atoms with van der Waals surface area (Å²) in [5.74, 6) is 0.259. The maximum Gasteiger partial charge on any atom is 0.149 e. The molecule has 2 heterocycles. The summed E-state index contributed by atoms with van der Waals surface area (Å²) in [5.41, 5.74) is 5.20. The van der Waals surface area contributed by atoms with E-state index in [1.165, 1.54) is 0 Å². The van der Waals surface area contributed by atoms with Gasteiger partial charge in [-0.2, -0.15) is 0 Å². The molecule has 0 aromatic carbocycles. The first-order valence-electron chi connectivity index (χ1n) is 5.20. The summed E-state index contributed by atoms with van der Waals surface area (Å²) in [6.07, 6.45) is 2.53. The Morgan fingerprint density at radius 3 is 3.00 bits per heavy atom. The Balaban J connectivity index is 1.99. The van der Waals surface area contributed by atoms with E-state index in [9.17, 15) is 4.79 Å². The highest BCUT2D eigenvalue weighted by molar-refractivity contribution is 5.82. The zero-order valence-corrected chi connectivity index (χ0v) is 8.33. The molecule has 2 saturated heterocycles. The number of ether oxygens (including phenoxy) is 2. The number of carbonyl (C=O) groups is 1. The van der Waals surface area contributed by atoms with E-state index in [0.717, 1.165) is 25.9 Å². The van der Waals surface area contributed by atoms with Crippen LogP contribution in [0.25, 0.3) is 0 Å². The van der Waals surface area contributed by atoms with Crippen LogP contribution in [0.1, 0.15) is 19.3 Å². The molecule has 14 heavy (non-hydrogen) atoms. The average Bonchev–Trinajstić information content (AvgIpc) is 2.65. The highest BCUT2D eigenvalue weighted by Gasteiger charge is 2.42. The van der Waals surface area contributed by atoms with E-state index in [-0.39, 0.29) is 23.8 Å².